The number of carbonyl (C=O) groups is 1. The minimum Gasteiger partial charge on any atom is -0.294 e. The highest BCUT2D eigenvalue weighted by molar-refractivity contribution is 6.34. The summed E-state index contributed by atoms with van der Waals surface area (Å²) >= 11 is 5.87. The van der Waals surface area contributed by atoms with Crippen LogP contribution in [0.5, 0.6) is 0 Å². The zero-order chi connectivity index (χ0) is 14.9. The molecule has 0 aliphatic carbocycles. The zero-order valence-electron chi connectivity index (χ0n) is 10.3. The van der Waals surface area contributed by atoms with Crippen molar-refractivity contribution in [1.82, 2.24) is 4.98 Å². The summed E-state index contributed by atoms with van der Waals surface area (Å²) in [6, 6.07) is 6.85. The molecular formula is C14H9ClF3NO. The number of nitrogens with zero attached hydrogens (tertiary/aromatic N) is 1. The quantitative estimate of drug-likeness (QED) is 0.757. The molecule has 0 N–H and O–H groups in total. The van der Waals surface area contributed by atoms with Gasteiger partial charge in [0.25, 0.3) is 0 Å². The van der Waals surface area contributed by atoms with E-state index in [1.165, 1.54) is 25.1 Å². The molecule has 0 amide bonds. The molecule has 2 aromatic rings. The monoisotopic (exact) mass is 299 g/mol. The molecule has 2 rings (SSSR count). The molecule has 0 atom stereocenters. The second-order valence-electron chi connectivity index (χ2n) is 4.18. The van der Waals surface area contributed by atoms with Crippen molar-refractivity contribution in [1.29, 1.82) is 0 Å². The normalized spacial score (nSPS) is 11.4. The minimum absolute atomic E-state index is 0.219. The lowest BCUT2D eigenvalue weighted by Crippen LogP contribution is -2.05. The Morgan fingerprint density at radius 1 is 1.20 bits per heavy atom. The Morgan fingerprint density at radius 3 is 2.40 bits per heavy atom. The van der Waals surface area contributed by atoms with Gasteiger partial charge in [-0.25, -0.2) is 0 Å². The molecule has 0 spiro atoms. The van der Waals surface area contributed by atoms with Crippen molar-refractivity contribution >= 4 is 17.4 Å². The molecule has 1 aromatic heterocycles. The summed E-state index contributed by atoms with van der Waals surface area (Å²) in [5.41, 5.74) is 0.373. The minimum atomic E-state index is -4.42. The van der Waals surface area contributed by atoms with Crippen molar-refractivity contribution in [2.45, 2.75) is 13.1 Å². The predicted octanol–water partition coefficient (Wildman–Crippen LogP) is 4.62. The SMILES string of the molecule is CC(=O)c1cc(-c2ccc(C(F)(F)F)cn2)ccc1Cl. The number of ketones is 1. The molecule has 104 valence electrons. The molecule has 1 heterocycles. The first-order chi connectivity index (χ1) is 9.29. The van der Waals surface area contributed by atoms with Crippen LogP contribution in [0.3, 0.4) is 0 Å². The average Bonchev–Trinajstić information content (AvgIpc) is 2.38. The zero-order valence-corrected chi connectivity index (χ0v) is 11.1. The maximum absolute atomic E-state index is 12.4. The van der Waals surface area contributed by atoms with Crippen LogP contribution < -0.4 is 0 Å². The summed E-state index contributed by atoms with van der Waals surface area (Å²) in [7, 11) is 0. The lowest BCUT2D eigenvalue weighted by Gasteiger charge is -2.08. The van der Waals surface area contributed by atoms with Crippen molar-refractivity contribution in [2.75, 3.05) is 0 Å². The Kier molecular flexibility index (Phi) is 3.81. The van der Waals surface area contributed by atoms with Gasteiger partial charge in [-0.1, -0.05) is 17.7 Å². The summed E-state index contributed by atoms with van der Waals surface area (Å²) in [4.78, 5) is 15.2. The van der Waals surface area contributed by atoms with Gasteiger partial charge in [0.1, 0.15) is 0 Å². The summed E-state index contributed by atoms with van der Waals surface area (Å²) in [6.07, 6.45) is -3.66. The van der Waals surface area contributed by atoms with E-state index in [9.17, 15) is 18.0 Å². The van der Waals surface area contributed by atoms with E-state index in [1.54, 1.807) is 6.07 Å². The number of hydrogen-bond donors (Lipinski definition) is 0. The van der Waals surface area contributed by atoms with E-state index in [0.29, 0.717) is 21.8 Å². The second-order valence-corrected chi connectivity index (χ2v) is 4.59. The molecule has 6 heteroatoms. The number of pyridine rings is 1. The lowest BCUT2D eigenvalue weighted by atomic mass is 10.0. The molecule has 0 saturated carbocycles. The molecule has 2 nitrogen and oxygen atoms in total. The highest BCUT2D eigenvalue weighted by atomic mass is 35.5. The third-order valence-corrected chi connectivity index (χ3v) is 3.06. The number of benzene rings is 1. The summed E-state index contributed by atoms with van der Waals surface area (Å²) in [5.74, 6) is -0.219. The lowest BCUT2D eigenvalue weighted by molar-refractivity contribution is -0.137. The number of carbonyl (C=O) groups excluding carboxylic acids is 1. The molecule has 0 saturated heterocycles. The Labute approximate surface area is 118 Å². The highest BCUT2D eigenvalue weighted by Gasteiger charge is 2.30. The van der Waals surface area contributed by atoms with E-state index < -0.39 is 11.7 Å². The van der Waals surface area contributed by atoms with Crippen molar-refractivity contribution in [2.24, 2.45) is 0 Å². The number of aromatic nitrogens is 1. The molecule has 20 heavy (non-hydrogen) atoms. The molecule has 1 aromatic carbocycles. The van der Waals surface area contributed by atoms with Crippen LogP contribution in [-0.4, -0.2) is 10.8 Å². The van der Waals surface area contributed by atoms with E-state index >= 15 is 0 Å². The summed E-state index contributed by atoms with van der Waals surface area (Å²) in [5, 5.41) is 0.299. The fraction of sp³-hybridized carbons (Fsp3) is 0.143. The first-order valence-corrected chi connectivity index (χ1v) is 6.01. The van der Waals surface area contributed by atoms with Crippen LogP contribution in [0.2, 0.25) is 5.02 Å². The molecule has 0 aliphatic rings. The van der Waals surface area contributed by atoms with Crippen LogP contribution in [0.25, 0.3) is 11.3 Å². The Bertz CT molecular complexity index is 650. The third kappa shape index (κ3) is 2.99. The largest absolute Gasteiger partial charge is 0.417 e. The number of rotatable bonds is 2. The van der Waals surface area contributed by atoms with Gasteiger partial charge in [0.05, 0.1) is 16.3 Å². The topological polar surface area (TPSA) is 30.0 Å². The van der Waals surface area contributed by atoms with Crippen molar-refractivity contribution < 1.29 is 18.0 Å². The van der Waals surface area contributed by atoms with E-state index in [2.05, 4.69) is 4.98 Å². The van der Waals surface area contributed by atoms with Gasteiger partial charge in [0, 0.05) is 17.3 Å². The van der Waals surface area contributed by atoms with Crippen LogP contribution in [0.4, 0.5) is 13.2 Å². The number of hydrogen-bond acceptors (Lipinski definition) is 2. The maximum atomic E-state index is 12.4. The van der Waals surface area contributed by atoms with Crippen molar-refractivity contribution in [3.8, 4) is 11.3 Å². The maximum Gasteiger partial charge on any atom is 0.417 e. The van der Waals surface area contributed by atoms with Crippen molar-refractivity contribution in [3.05, 3.63) is 52.7 Å². The Hall–Kier alpha value is -1.88. The van der Waals surface area contributed by atoms with E-state index in [1.807, 2.05) is 0 Å². The van der Waals surface area contributed by atoms with Gasteiger partial charge in [-0.2, -0.15) is 13.2 Å². The van der Waals surface area contributed by atoms with Crippen LogP contribution >= 0.6 is 11.6 Å². The van der Waals surface area contributed by atoms with Crippen LogP contribution in [0.1, 0.15) is 22.8 Å². The molecule has 0 unspecified atom stereocenters. The fourth-order valence-corrected chi connectivity index (χ4v) is 1.94. The molecule has 0 bridgehead atoms. The predicted molar refractivity (Wildman–Crippen MR) is 69.7 cm³/mol. The summed E-state index contributed by atoms with van der Waals surface area (Å²) in [6.45, 7) is 1.37. The van der Waals surface area contributed by atoms with Gasteiger partial charge in [-0.05, 0) is 31.2 Å². The summed E-state index contributed by atoms with van der Waals surface area (Å²) < 4.78 is 37.3. The molecule has 0 radical (unpaired) electrons. The standard InChI is InChI=1S/C14H9ClF3NO/c1-8(20)11-6-9(2-4-12(11)15)13-5-3-10(7-19-13)14(16,17)18/h2-7H,1H3. The number of halogens is 4. The Morgan fingerprint density at radius 2 is 1.90 bits per heavy atom. The van der Waals surface area contributed by atoms with Crippen molar-refractivity contribution in [3.63, 3.8) is 0 Å². The number of alkyl halides is 3. The van der Waals surface area contributed by atoms with Crippen LogP contribution in [0, 0.1) is 0 Å². The van der Waals surface area contributed by atoms with Gasteiger partial charge >= 0.3 is 6.18 Å². The van der Waals surface area contributed by atoms with E-state index in [-0.39, 0.29) is 5.78 Å². The Balaban J connectivity index is 2.42. The van der Waals surface area contributed by atoms with Gasteiger partial charge in [-0.15, -0.1) is 0 Å². The highest BCUT2D eigenvalue weighted by Crippen LogP contribution is 2.30. The average molecular weight is 300 g/mol. The fourth-order valence-electron chi connectivity index (χ4n) is 1.69. The van der Waals surface area contributed by atoms with Crippen LogP contribution in [-0.2, 0) is 6.18 Å². The first-order valence-electron chi connectivity index (χ1n) is 5.63. The second kappa shape index (κ2) is 5.25. The third-order valence-electron chi connectivity index (χ3n) is 2.73. The van der Waals surface area contributed by atoms with E-state index in [4.69, 9.17) is 11.6 Å². The molecule has 0 aliphatic heterocycles. The smallest absolute Gasteiger partial charge is 0.294 e. The van der Waals surface area contributed by atoms with Gasteiger partial charge in [-0.3, -0.25) is 9.78 Å². The van der Waals surface area contributed by atoms with Crippen LogP contribution in [0.15, 0.2) is 36.5 Å². The van der Waals surface area contributed by atoms with E-state index in [0.717, 1.165) is 12.3 Å². The van der Waals surface area contributed by atoms with Gasteiger partial charge in [0.15, 0.2) is 5.78 Å². The first kappa shape index (κ1) is 14.5. The number of Topliss-reactive ketones (excluding diaryl/α,β-unsaturated/α-hetero) is 1. The van der Waals surface area contributed by atoms with Gasteiger partial charge in [0.2, 0.25) is 0 Å². The molecule has 0 fully saturated rings. The molecular weight excluding hydrogens is 291 g/mol. The van der Waals surface area contributed by atoms with Gasteiger partial charge < -0.3 is 0 Å².